The van der Waals surface area contributed by atoms with Crippen LogP contribution < -0.4 is 0 Å². The molecule has 0 saturated carbocycles. The van der Waals surface area contributed by atoms with Gasteiger partial charge in [0.2, 0.25) is 21.6 Å². The summed E-state index contributed by atoms with van der Waals surface area (Å²) in [6.07, 6.45) is 0. The minimum Gasteiger partial charge on any atom is -0.416 e. The van der Waals surface area contributed by atoms with Crippen molar-refractivity contribution in [3.63, 3.8) is 0 Å². The highest BCUT2D eigenvalue weighted by Gasteiger charge is 2.35. The fourth-order valence-electron chi connectivity index (χ4n) is 3.27. The van der Waals surface area contributed by atoms with Crippen LogP contribution in [-0.4, -0.2) is 24.4 Å². The molecule has 0 aliphatic carbocycles. The molecular formula is C21H11FN2O4S. The van der Waals surface area contributed by atoms with Crippen LogP contribution in [-0.2, 0) is 9.84 Å². The zero-order valence-electron chi connectivity index (χ0n) is 14.7. The predicted molar refractivity (Wildman–Crippen MR) is 100 cm³/mol. The van der Waals surface area contributed by atoms with Gasteiger partial charge in [-0.1, -0.05) is 12.1 Å². The molecule has 4 aromatic rings. The highest BCUT2D eigenvalue weighted by atomic mass is 32.2. The monoisotopic (exact) mass is 406 g/mol. The van der Waals surface area contributed by atoms with Crippen LogP contribution in [0, 0.1) is 5.82 Å². The maximum absolute atomic E-state index is 13.1. The van der Waals surface area contributed by atoms with Crippen LogP contribution in [0.1, 0.15) is 15.9 Å². The van der Waals surface area contributed by atoms with Crippen molar-refractivity contribution in [2.45, 2.75) is 9.79 Å². The molecule has 0 saturated heterocycles. The molecule has 0 atom stereocenters. The van der Waals surface area contributed by atoms with Gasteiger partial charge in [-0.15, -0.1) is 10.2 Å². The summed E-state index contributed by atoms with van der Waals surface area (Å²) in [4.78, 5) is 12.6. The van der Waals surface area contributed by atoms with Crippen molar-refractivity contribution in [1.29, 1.82) is 0 Å². The largest absolute Gasteiger partial charge is 0.416 e. The number of carbonyl (C=O) groups is 1. The number of sulfone groups is 1. The number of hydrogen-bond acceptors (Lipinski definition) is 6. The Labute approximate surface area is 164 Å². The number of hydrogen-bond donors (Lipinski definition) is 0. The molecule has 6 nitrogen and oxygen atoms in total. The van der Waals surface area contributed by atoms with Crippen molar-refractivity contribution < 1.29 is 22.0 Å². The van der Waals surface area contributed by atoms with Gasteiger partial charge < -0.3 is 4.42 Å². The molecule has 0 bridgehead atoms. The number of rotatable bonds is 2. The fraction of sp³-hybridized carbons (Fsp3) is 0. The van der Waals surface area contributed by atoms with Crippen molar-refractivity contribution in [2.24, 2.45) is 0 Å². The normalized spacial score (nSPS) is 14.3. The minimum atomic E-state index is -3.87. The standard InChI is InChI=1S/C21H11FN2O4S/c22-14-8-5-12(6-9-14)20-23-24-21(28-20)13-7-10-16-18(11-13)29(26,27)17-4-2-1-3-15(17)19(16)25/h1-11H. The summed E-state index contributed by atoms with van der Waals surface area (Å²) in [7, 11) is -3.87. The van der Waals surface area contributed by atoms with E-state index in [2.05, 4.69) is 10.2 Å². The summed E-state index contributed by atoms with van der Waals surface area (Å²) in [5.74, 6) is -0.483. The Morgan fingerprint density at radius 2 is 1.38 bits per heavy atom. The highest BCUT2D eigenvalue weighted by Crippen LogP contribution is 2.36. The molecule has 0 N–H and O–H groups in total. The lowest BCUT2D eigenvalue weighted by Gasteiger charge is -2.18. The van der Waals surface area contributed by atoms with Crippen molar-refractivity contribution >= 4 is 15.6 Å². The Kier molecular flexibility index (Phi) is 3.72. The summed E-state index contributed by atoms with van der Waals surface area (Å²) in [6.45, 7) is 0. The van der Waals surface area contributed by atoms with E-state index in [-0.39, 0.29) is 38.5 Å². The third kappa shape index (κ3) is 2.68. The Morgan fingerprint density at radius 3 is 2.14 bits per heavy atom. The molecule has 1 aromatic heterocycles. The van der Waals surface area contributed by atoms with Gasteiger partial charge >= 0.3 is 0 Å². The van der Waals surface area contributed by atoms with Crippen molar-refractivity contribution in [3.05, 3.63) is 83.7 Å². The van der Waals surface area contributed by atoms with Crippen LogP contribution in [0.5, 0.6) is 0 Å². The number of benzene rings is 3. The van der Waals surface area contributed by atoms with Crippen LogP contribution in [0.25, 0.3) is 22.9 Å². The number of fused-ring (bicyclic) bond motifs is 2. The zero-order chi connectivity index (χ0) is 20.2. The minimum absolute atomic E-state index is 0.0211. The molecule has 142 valence electrons. The zero-order valence-corrected chi connectivity index (χ0v) is 15.5. The summed E-state index contributed by atoms with van der Waals surface area (Å²) < 4.78 is 44.8. The third-order valence-corrected chi connectivity index (χ3v) is 6.55. The molecule has 0 amide bonds. The van der Waals surface area contributed by atoms with Crippen LogP contribution in [0.4, 0.5) is 4.39 Å². The maximum Gasteiger partial charge on any atom is 0.248 e. The summed E-state index contributed by atoms with van der Waals surface area (Å²) in [6, 6.07) is 16.0. The van der Waals surface area contributed by atoms with Gasteiger partial charge in [-0.25, -0.2) is 12.8 Å². The van der Waals surface area contributed by atoms with Gasteiger partial charge in [-0.3, -0.25) is 4.79 Å². The predicted octanol–water partition coefficient (Wildman–Crippen LogP) is 3.92. The van der Waals surface area contributed by atoms with Crippen molar-refractivity contribution in [2.75, 3.05) is 0 Å². The van der Waals surface area contributed by atoms with E-state index in [1.807, 2.05) is 0 Å². The van der Waals surface area contributed by atoms with Gasteiger partial charge in [0.05, 0.1) is 9.79 Å². The fourth-order valence-corrected chi connectivity index (χ4v) is 4.94. The lowest BCUT2D eigenvalue weighted by Crippen LogP contribution is -2.20. The van der Waals surface area contributed by atoms with Gasteiger partial charge in [0.1, 0.15) is 5.82 Å². The molecule has 3 aromatic carbocycles. The third-order valence-electron chi connectivity index (χ3n) is 4.70. The Hall–Kier alpha value is -3.65. The smallest absolute Gasteiger partial charge is 0.248 e. The average Bonchev–Trinajstić information content (AvgIpc) is 3.23. The van der Waals surface area contributed by atoms with E-state index in [1.165, 1.54) is 48.5 Å². The summed E-state index contributed by atoms with van der Waals surface area (Å²) in [5.41, 5.74) is 1.15. The van der Waals surface area contributed by atoms with E-state index >= 15 is 0 Å². The van der Waals surface area contributed by atoms with E-state index in [0.29, 0.717) is 11.1 Å². The Bertz CT molecular complexity index is 1390. The first-order valence-electron chi connectivity index (χ1n) is 8.58. The summed E-state index contributed by atoms with van der Waals surface area (Å²) >= 11 is 0. The van der Waals surface area contributed by atoms with E-state index in [4.69, 9.17) is 4.42 Å². The Morgan fingerprint density at radius 1 is 0.759 bits per heavy atom. The summed E-state index contributed by atoms with van der Waals surface area (Å²) in [5, 5.41) is 7.89. The molecule has 0 spiro atoms. The average molecular weight is 406 g/mol. The lowest BCUT2D eigenvalue weighted by molar-refractivity contribution is 0.103. The van der Waals surface area contributed by atoms with E-state index in [9.17, 15) is 17.6 Å². The van der Waals surface area contributed by atoms with E-state index < -0.39 is 15.7 Å². The molecule has 5 rings (SSSR count). The van der Waals surface area contributed by atoms with Gasteiger partial charge in [-0.2, -0.15) is 0 Å². The van der Waals surface area contributed by atoms with Crippen molar-refractivity contribution in [1.82, 2.24) is 10.2 Å². The van der Waals surface area contributed by atoms with Crippen LogP contribution in [0.15, 0.2) is 80.9 Å². The van der Waals surface area contributed by atoms with Gasteiger partial charge in [-0.05, 0) is 54.6 Å². The second kappa shape index (κ2) is 6.18. The first-order valence-corrected chi connectivity index (χ1v) is 10.1. The molecule has 1 aliphatic heterocycles. The number of carbonyl (C=O) groups excluding carboxylic acids is 1. The molecule has 0 unspecified atom stereocenters. The molecule has 0 radical (unpaired) electrons. The molecular weight excluding hydrogens is 395 g/mol. The number of nitrogens with zero attached hydrogens (tertiary/aromatic N) is 2. The van der Waals surface area contributed by atoms with Crippen LogP contribution in [0.2, 0.25) is 0 Å². The molecule has 8 heteroatoms. The number of ketones is 1. The van der Waals surface area contributed by atoms with Gasteiger partial charge in [0.25, 0.3) is 0 Å². The van der Waals surface area contributed by atoms with E-state index in [1.54, 1.807) is 18.2 Å². The van der Waals surface area contributed by atoms with Crippen molar-refractivity contribution in [3.8, 4) is 22.9 Å². The van der Waals surface area contributed by atoms with Crippen LogP contribution >= 0.6 is 0 Å². The number of aromatic nitrogens is 2. The first-order chi connectivity index (χ1) is 13.9. The first kappa shape index (κ1) is 17.4. The van der Waals surface area contributed by atoms with Crippen LogP contribution in [0.3, 0.4) is 0 Å². The molecule has 2 heterocycles. The van der Waals surface area contributed by atoms with E-state index in [0.717, 1.165) is 0 Å². The topological polar surface area (TPSA) is 90.1 Å². The van der Waals surface area contributed by atoms with Gasteiger partial charge in [0.15, 0.2) is 5.78 Å². The quantitative estimate of drug-likeness (QED) is 0.441. The molecule has 29 heavy (non-hydrogen) atoms. The molecule has 0 fully saturated rings. The Balaban J connectivity index is 1.61. The molecule has 1 aliphatic rings. The lowest BCUT2D eigenvalue weighted by atomic mass is 10.0. The maximum atomic E-state index is 13.1. The SMILES string of the molecule is O=C1c2ccccc2S(=O)(=O)c2cc(-c3nnc(-c4ccc(F)cc4)o3)ccc21. The number of halogens is 1. The second-order valence-electron chi connectivity index (χ2n) is 6.46. The second-order valence-corrected chi connectivity index (χ2v) is 8.35. The van der Waals surface area contributed by atoms with Gasteiger partial charge in [0, 0.05) is 22.3 Å². The highest BCUT2D eigenvalue weighted by molar-refractivity contribution is 7.91.